The minimum Gasteiger partial charge on any atom is -0.394 e. The van der Waals surface area contributed by atoms with E-state index in [9.17, 15) is 25.2 Å². The van der Waals surface area contributed by atoms with E-state index >= 15 is 0 Å². The van der Waals surface area contributed by atoms with Crippen LogP contribution in [0, 0.1) is 0 Å². The van der Waals surface area contributed by atoms with Crippen molar-refractivity contribution in [2.24, 2.45) is 0 Å². The van der Waals surface area contributed by atoms with Gasteiger partial charge in [-0.25, -0.2) is 0 Å². The largest absolute Gasteiger partial charge is 0.394 e. The molecule has 4 unspecified atom stereocenters. The van der Waals surface area contributed by atoms with Gasteiger partial charge in [0.25, 0.3) is 0 Å². The van der Waals surface area contributed by atoms with Crippen LogP contribution in [0.15, 0.2) is 24.3 Å². The van der Waals surface area contributed by atoms with E-state index in [2.05, 4.69) is 43.5 Å². The normalized spacial score (nSPS) is 14.7. The van der Waals surface area contributed by atoms with Gasteiger partial charge in [0.15, 0.2) is 0 Å². The average molecular weight is 652 g/mol. The van der Waals surface area contributed by atoms with Crippen molar-refractivity contribution in [2.75, 3.05) is 6.61 Å². The molecule has 0 radical (unpaired) electrons. The quantitative estimate of drug-likeness (QED) is 0.0346. The van der Waals surface area contributed by atoms with Crippen LogP contribution in [-0.2, 0) is 4.79 Å². The van der Waals surface area contributed by atoms with Crippen molar-refractivity contribution < 1.29 is 25.2 Å². The van der Waals surface area contributed by atoms with Gasteiger partial charge < -0.3 is 25.7 Å². The Labute approximate surface area is 284 Å². The Morgan fingerprint density at radius 2 is 0.935 bits per heavy atom. The molecule has 0 fully saturated rings. The van der Waals surface area contributed by atoms with Crippen LogP contribution in [-0.4, -0.2) is 57.3 Å². The Kier molecular flexibility index (Phi) is 34.2. The molecule has 0 rings (SSSR count). The van der Waals surface area contributed by atoms with Gasteiger partial charge in [-0.1, -0.05) is 160 Å². The molecule has 0 aromatic heterocycles. The number of amides is 1. The van der Waals surface area contributed by atoms with Gasteiger partial charge in [-0.15, -0.1) is 0 Å². The maximum absolute atomic E-state index is 12.4. The molecule has 272 valence electrons. The van der Waals surface area contributed by atoms with Gasteiger partial charge in [-0.3, -0.25) is 4.79 Å². The summed E-state index contributed by atoms with van der Waals surface area (Å²) < 4.78 is 0. The summed E-state index contributed by atoms with van der Waals surface area (Å²) in [5.74, 6) is -0.601. The Morgan fingerprint density at radius 3 is 1.39 bits per heavy atom. The summed E-state index contributed by atoms with van der Waals surface area (Å²) in [6, 6.07) is -0.998. The number of unbranched alkanes of at least 4 members (excludes halogenated alkanes) is 22. The maximum Gasteiger partial charge on any atom is 0.249 e. The first-order valence-electron chi connectivity index (χ1n) is 19.7. The van der Waals surface area contributed by atoms with Crippen molar-refractivity contribution >= 4 is 5.91 Å². The highest BCUT2D eigenvalue weighted by molar-refractivity contribution is 5.80. The number of rotatable bonds is 35. The highest BCUT2D eigenvalue weighted by Crippen LogP contribution is 2.15. The SMILES string of the molecule is CCC/C=C/CCCC(O)C(O)C(CO)NC(=O)C(O)CCCCCCCCCC/C=C\CCCCCCCCCCCCCC. The summed E-state index contributed by atoms with van der Waals surface area (Å²) in [6.07, 6.45) is 38.2. The first-order chi connectivity index (χ1) is 22.5. The average Bonchev–Trinajstić information content (AvgIpc) is 3.06. The third kappa shape index (κ3) is 29.0. The Balaban J connectivity index is 3.64. The number of aliphatic hydroxyl groups excluding tert-OH is 4. The fraction of sp³-hybridized carbons (Fsp3) is 0.875. The topological polar surface area (TPSA) is 110 Å². The molecule has 0 aliphatic rings. The molecular weight excluding hydrogens is 574 g/mol. The van der Waals surface area contributed by atoms with Crippen LogP contribution in [0.2, 0.25) is 0 Å². The van der Waals surface area contributed by atoms with Crippen LogP contribution in [0.5, 0.6) is 0 Å². The van der Waals surface area contributed by atoms with Gasteiger partial charge in [0.2, 0.25) is 5.91 Å². The van der Waals surface area contributed by atoms with Gasteiger partial charge in [-0.05, 0) is 57.8 Å². The number of aliphatic hydroxyl groups is 4. The molecule has 6 nitrogen and oxygen atoms in total. The van der Waals surface area contributed by atoms with Crippen LogP contribution < -0.4 is 5.32 Å². The van der Waals surface area contributed by atoms with E-state index in [1.807, 2.05) is 0 Å². The molecule has 0 heterocycles. The number of hydrogen-bond acceptors (Lipinski definition) is 5. The van der Waals surface area contributed by atoms with E-state index in [4.69, 9.17) is 0 Å². The number of hydrogen-bond donors (Lipinski definition) is 5. The van der Waals surface area contributed by atoms with Gasteiger partial charge in [0.1, 0.15) is 12.2 Å². The van der Waals surface area contributed by atoms with Crippen LogP contribution >= 0.6 is 0 Å². The first kappa shape index (κ1) is 44.8. The monoisotopic (exact) mass is 652 g/mol. The Bertz CT molecular complexity index is 697. The summed E-state index contributed by atoms with van der Waals surface area (Å²) in [5.41, 5.74) is 0. The number of carbonyl (C=O) groups excluding carboxylic acids is 1. The molecular formula is C40H77NO5. The number of nitrogens with one attached hydrogen (secondary N) is 1. The van der Waals surface area contributed by atoms with Crippen LogP contribution in [0.3, 0.4) is 0 Å². The van der Waals surface area contributed by atoms with E-state index in [0.29, 0.717) is 19.3 Å². The molecule has 0 saturated heterocycles. The lowest BCUT2D eigenvalue weighted by Gasteiger charge is -2.27. The molecule has 5 N–H and O–H groups in total. The number of allylic oxidation sites excluding steroid dienone is 4. The second kappa shape index (κ2) is 35.1. The van der Waals surface area contributed by atoms with Crippen LogP contribution in [0.1, 0.15) is 194 Å². The molecule has 46 heavy (non-hydrogen) atoms. The van der Waals surface area contributed by atoms with Crippen LogP contribution in [0.25, 0.3) is 0 Å². The van der Waals surface area contributed by atoms with Gasteiger partial charge in [0.05, 0.1) is 18.8 Å². The molecule has 0 aliphatic carbocycles. The van der Waals surface area contributed by atoms with Crippen molar-refractivity contribution in [3.63, 3.8) is 0 Å². The van der Waals surface area contributed by atoms with E-state index in [0.717, 1.165) is 38.5 Å². The van der Waals surface area contributed by atoms with E-state index in [1.165, 1.54) is 122 Å². The standard InChI is InChI=1S/C40H77NO5/c1-3-5-7-9-11-12-13-14-15-16-17-18-19-20-21-22-23-24-25-26-27-28-30-32-34-38(44)40(46)41-36(35-42)39(45)37(43)33-31-29-10-8-6-4-2/h8,10,20-21,36-39,42-45H,3-7,9,11-19,22-35H2,1-2H3,(H,41,46)/b10-8+,21-20-. The Hall–Kier alpha value is -1.21. The smallest absolute Gasteiger partial charge is 0.249 e. The van der Waals surface area contributed by atoms with E-state index < -0.39 is 36.9 Å². The zero-order chi connectivity index (χ0) is 33.9. The molecule has 0 aromatic carbocycles. The van der Waals surface area contributed by atoms with Gasteiger partial charge in [0, 0.05) is 0 Å². The third-order valence-electron chi connectivity index (χ3n) is 9.12. The second-order valence-corrected chi connectivity index (χ2v) is 13.6. The minimum absolute atomic E-state index is 0.359. The molecule has 0 spiro atoms. The highest BCUT2D eigenvalue weighted by Gasteiger charge is 2.28. The van der Waals surface area contributed by atoms with Crippen LogP contribution in [0.4, 0.5) is 0 Å². The second-order valence-electron chi connectivity index (χ2n) is 13.6. The minimum atomic E-state index is -1.28. The zero-order valence-corrected chi connectivity index (χ0v) is 30.3. The van der Waals surface area contributed by atoms with Crippen molar-refractivity contribution in [1.29, 1.82) is 0 Å². The molecule has 0 aliphatic heterocycles. The van der Waals surface area contributed by atoms with E-state index in [-0.39, 0.29) is 0 Å². The summed E-state index contributed by atoms with van der Waals surface area (Å²) in [4.78, 5) is 12.4. The Morgan fingerprint density at radius 1 is 0.522 bits per heavy atom. The molecule has 0 aromatic rings. The molecule has 0 bridgehead atoms. The van der Waals surface area contributed by atoms with Crippen molar-refractivity contribution in [3.05, 3.63) is 24.3 Å². The lowest BCUT2D eigenvalue weighted by atomic mass is 10.00. The summed E-state index contributed by atoms with van der Waals surface area (Å²) in [7, 11) is 0. The fourth-order valence-electron chi connectivity index (χ4n) is 5.93. The highest BCUT2D eigenvalue weighted by atomic mass is 16.3. The summed E-state index contributed by atoms with van der Waals surface area (Å²) in [6.45, 7) is 3.90. The van der Waals surface area contributed by atoms with Gasteiger partial charge in [-0.2, -0.15) is 0 Å². The van der Waals surface area contributed by atoms with Crippen molar-refractivity contribution in [2.45, 2.75) is 218 Å². The lowest BCUT2D eigenvalue weighted by Crippen LogP contribution is -2.53. The molecule has 6 heteroatoms. The third-order valence-corrected chi connectivity index (χ3v) is 9.12. The van der Waals surface area contributed by atoms with Gasteiger partial charge >= 0.3 is 0 Å². The molecule has 0 saturated carbocycles. The predicted molar refractivity (Wildman–Crippen MR) is 196 cm³/mol. The molecule has 4 atom stereocenters. The predicted octanol–water partition coefficient (Wildman–Crippen LogP) is 9.62. The lowest BCUT2D eigenvalue weighted by molar-refractivity contribution is -0.132. The van der Waals surface area contributed by atoms with Crippen molar-refractivity contribution in [1.82, 2.24) is 5.32 Å². The molecule has 1 amide bonds. The first-order valence-corrected chi connectivity index (χ1v) is 19.7. The zero-order valence-electron chi connectivity index (χ0n) is 30.3. The van der Waals surface area contributed by atoms with Crippen molar-refractivity contribution in [3.8, 4) is 0 Å². The van der Waals surface area contributed by atoms with E-state index in [1.54, 1.807) is 0 Å². The summed E-state index contributed by atoms with van der Waals surface area (Å²) >= 11 is 0. The maximum atomic E-state index is 12.4. The summed E-state index contributed by atoms with van der Waals surface area (Å²) in [5, 5.41) is 43.1. The fourth-order valence-corrected chi connectivity index (χ4v) is 5.93. The number of carbonyl (C=O) groups is 1.